The molecule has 1 heterocycles. The lowest BCUT2D eigenvalue weighted by Gasteiger charge is -2.18. The van der Waals surface area contributed by atoms with Gasteiger partial charge in [-0.25, -0.2) is 0 Å². The zero-order valence-electron chi connectivity index (χ0n) is 13.3. The number of para-hydroxylation sites is 1. The van der Waals surface area contributed by atoms with E-state index in [9.17, 15) is 9.90 Å². The number of nitrogens with two attached hydrogens (primary N) is 1. The predicted molar refractivity (Wildman–Crippen MR) is 92.5 cm³/mol. The van der Waals surface area contributed by atoms with Crippen LogP contribution in [0, 0.1) is 0 Å². The van der Waals surface area contributed by atoms with E-state index in [-0.39, 0.29) is 11.7 Å². The molecule has 3 aromatic rings. The molecule has 5 nitrogen and oxygen atoms in total. The topological polar surface area (TPSA) is 79.7 Å². The first kappa shape index (κ1) is 15.7. The maximum Gasteiger partial charge on any atom is 0.253 e. The Morgan fingerprint density at radius 1 is 1.08 bits per heavy atom. The average Bonchev–Trinajstić information content (AvgIpc) is 3.03. The van der Waals surface area contributed by atoms with Gasteiger partial charge in [-0.05, 0) is 24.3 Å². The first-order valence-corrected chi connectivity index (χ1v) is 7.52. The van der Waals surface area contributed by atoms with E-state index in [2.05, 4.69) is 0 Å². The van der Waals surface area contributed by atoms with Gasteiger partial charge in [0.1, 0.15) is 11.5 Å². The highest BCUT2D eigenvalue weighted by atomic mass is 16.3. The SMILES string of the molecule is CN(Cc1ccccc1O)C(=O)c1ccc(-c2ccc(N)o2)cc1. The number of carbonyl (C=O) groups is 1. The second-order valence-electron chi connectivity index (χ2n) is 5.57. The Morgan fingerprint density at radius 3 is 2.42 bits per heavy atom. The number of hydrogen-bond donors (Lipinski definition) is 2. The van der Waals surface area contributed by atoms with E-state index < -0.39 is 0 Å². The van der Waals surface area contributed by atoms with Crippen molar-refractivity contribution in [2.24, 2.45) is 0 Å². The molecule has 1 aromatic heterocycles. The van der Waals surface area contributed by atoms with Crippen LogP contribution in [0.25, 0.3) is 11.3 Å². The lowest BCUT2D eigenvalue weighted by Crippen LogP contribution is -2.26. The van der Waals surface area contributed by atoms with Gasteiger partial charge in [-0.3, -0.25) is 4.79 Å². The molecular formula is C19H18N2O3. The number of amides is 1. The number of carbonyl (C=O) groups excluding carboxylic acids is 1. The maximum absolute atomic E-state index is 12.5. The van der Waals surface area contributed by atoms with Crippen molar-refractivity contribution in [2.45, 2.75) is 6.54 Å². The van der Waals surface area contributed by atoms with Crippen molar-refractivity contribution in [3.8, 4) is 17.1 Å². The van der Waals surface area contributed by atoms with Crippen molar-refractivity contribution >= 4 is 11.8 Å². The van der Waals surface area contributed by atoms with Gasteiger partial charge in [0.2, 0.25) is 0 Å². The third kappa shape index (κ3) is 3.25. The van der Waals surface area contributed by atoms with E-state index >= 15 is 0 Å². The standard InChI is InChI=1S/C19H18N2O3/c1-21(12-15-4-2-3-5-16(15)22)19(23)14-8-6-13(7-9-14)17-10-11-18(20)24-17/h2-11,22H,12,20H2,1H3. The number of rotatable bonds is 4. The van der Waals surface area contributed by atoms with Crippen LogP contribution in [0.15, 0.2) is 65.1 Å². The van der Waals surface area contributed by atoms with Crippen molar-refractivity contribution in [3.05, 3.63) is 71.8 Å². The van der Waals surface area contributed by atoms with Crippen LogP contribution in [0.5, 0.6) is 5.75 Å². The minimum atomic E-state index is -0.122. The normalized spacial score (nSPS) is 10.5. The average molecular weight is 322 g/mol. The smallest absolute Gasteiger partial charge is 0.253 e. The van der Waals surface area contributed by atoms with Crippen molar-refractivity contribution in [3.63, 3.8) is 0 Å². The lowest BCUT2D eigenvalue weighted by atomic mass is 10.1. The number of anilines is 1. The summed E-state index contributed by atoms with van der Waals surface area (Å²) in [5.41, 5.74) is 7.70. The summed E-state index contributed by atoms with van der Waals surface area (Å²) in [6, 6.07) is 17.6. The molecule has 0 bridgehead atoms. The number of aromatic hydroxyl groups is 1. The van der Waals surface area contributed by atoms with E-state index in [1.54, 1.807) is 54.4 Å². The number of phenolic OH excluding ortho intramolecular Hbond substituents is 1. The molecule has 0 fully saturated rings. The van der Waals surface area contributed by atoms with Gasteiger partial charge < -0.3 is 20.2 Å². The second-order valence-corrected chi connectivity index (χ2v) is 5.57. The Balaban J connectivity index is 1.74. The summed E-state index contributed by atoms with van der Waals surface area (Å²) >= 11 is 0. The zero-order chi connectivity index (χ0) is 17.1. The van der Waals surface area contributed by atoms with Crippen molar-refractivity contribution in [1.82, 2.24) is 4.90 Å². The highest BCUT2D eigenvalue weighted by molar-refractivity contribution is 5.94. The Hall–Kier alpha value is -3.21. The van der Waals surface area contributed by atoms with Crippen LogP contribution in [0.4, 0.5) is 5.88 Å². The summed E-state index contributed by atoms with van der Waals surface area (Å²) < 4.78 is 5.36. The molecule has 0 aliphatic carbocycles. The molecule has 5 heteroatoms. The molecule has 0 aliphatic heterocycles. The summed E-state index contributed by atoms with van der Waals surface area (Å²) in [5.74, 6) is 1.08. The maximum atomic E-state index is 12.5. The highest BCUT2D eigenvalue weighted by Crippen LogP contribution is 2.24. The van der Waals surface area contributed by atoms with Gasteiger partial charge in [-0.1, -0.05) is 30.3 Å². The number of hydrogen-bond acceptors (Lipinski definition) is 4. The fraction of sp³-hybridized carbons (Fsp3) is 0.105. The van der Waals surface area contributed by atoms with Crippen molar-refractivity contribution in [2.75, 3.05) is 12.8 Å². The molecule has 0 saturated heterocycles. The number of nitrogen functional groups attached to an aromatic ring is 1. The van der Waals surface area contributed by atoms with Crippen LogP contribution < -0.4 is 5.73 Å². The van der Waals surface area contributed by atoms with E-state index in [0.29, 0.717) is 29.3 Å². The molecule has 0 unspecified atom stereocenters. The zero-order valence-corrected chi connectivity index (χ0v) is 13.3. The predicted octanol–water partition coefficient (Wildman–Crippen LogP) is 3.51. The second kappa shape index (κ2) is 6.50. The fourth-order valence-electron chi connectivity index (χ4n) is 2.48. The monoisotopic (exact) mass is 322 g/mol. The third-order valence-corrected chi connectivity index (χ3v) is 3.79. The van der Waals surface area contributed by atoms with Crippen LogP contribution >= 0.6 is 0 Å². The van der Waals surface area contributed by atoms with Crippen molar-refractivity contribution < 1.29 is 14.3 Å². The van der Waals surface area contributed by atoms with E-state index in [1.807, 2.05) is 18.2 Å². The minimum absolute atomic E-state index is 0.122. The van der Waals surface area contributed by atoms with E-state index in [4.69, 9.17) is 10.2 Å². The lowest BCUT2D eigenvalue weighted by molar-refractivity contribution is 0.0784. The molecule has 0 spiro atoms. The molecule has 1 amide bonds. The Morgan fingerprint density at radius 2 is 1.79 bits per heavy atom. The molecule has 0 saturated carbocycles. The summed E-state index contributed by atoms with van der Waals surface area (Å²) in [6.45, 7) is 0.335. The summed E-state index contributed by atoms with van der Waals surface area (Å²) in [7, 11) is 1.70. The van der Waals surface area contributed by atoms with E-state index in [0.717, 1.165) is 5.56 Å². The van der Waals surface area contributed by atoms with Gasteiger partial charge in [0, 0.05) is 36.3 Å². The van der Waals surface area contributed by atoms with Crippen LogP contribution in [0.1, 0.15) is 15.9 Å². The van der Waals surface area contributed by atoms with Crippen LogP contribution in [-0.4, -0.2) is 23.0 Å². The van der Waals surface area contributed by atoms with Gasteiger partial charge in [-0.15, -0.1) is 0 Å². The van der Waals surface area contributed by atoms with Crippen LogP contribution in [0.3, 0.4) is 0 Å². The van der Waals surface area contributed by atoms with Crippen molar-refractivity contribution in [1.29, 1.82) is 0 Å². The first-order chi connectivity index (χ1) is 11.5. The fourth-order valence-corrected chi connectivity index (χ4v) is 2.48. The largest absolute Gasteiger partial charge is 0.508 e. The van der Waals surface area contributed by atoms with Gasteiger partial charge in [0.25, 0.3) is 5.91 Å². The molecule has 0 aliphatic rings. The quantitative estimate of drug-likeness (QED) is 0.770. The minimum Gasteiger partial charge on any atom is -0.508 e. The van der Waals surface area contributed by atoms with Gasteiger partial charge >= 0.3 is 0 Å². The van der Waals surface area contributed by atoms with Gasteiger partial charge in [0.15, 0.2) is 5.88 Å². The third-order valence-electron chi connectivity index (χ3n) is 3.79. The molecule has 2 aromatic carbocycles. The summed E-state index contributed by atoms with van der Waals surface area (Å²) in [6.07, 6.45) is 0. The first-order valence-electron chi connectivity index (χ1n) is 7.52. The number of phenols is 1. The van der Waals surface area contributed by atoms with Crippen LogP contribution in [0.2, 0.25) is 0 Å². The number of benzene rings is 2. The highest BCUT2D eigenvalue weighted by Gasteiger charge is 2.14. The number of nitrogens with zero attached hydrogens (tertiary/aromatic N) is 1. The molecule has 3 rings (SSSR count). The van der Waals surface area contributed by atoms with Gasteiger partial charge in [0.05, 0.1) is 0 Å². The molecule has 0 atom stereocenters. The summed E-state index contributed by atoms with van der Waals surface area (Å²) in [5, 5.41) is 9.82. The molecule has 3 N–H and O–H groups in total. The molecule has 24 heavy (non-hydrogen) atoms. The Kier molecular flexibility index (Phi) is 4.24. The van der Waals surface area contributed by atoms with Crippen LogP contribution in [-0.2, 0) is 6.54 Å². The van der Waals surface area contributed by atoms with E-state index in [1.165, 1.54) is 0 Å². The van der Waals surface area contributed by atoms with Gasteiger partial charge in [-0.2, -0.15) is 0 Å². The Bertz CT molecular complexity index is 853. The molecule has 122 valence electrons. The summed E-state index contributed by atoms with van der Waals surface area (Å²) in [4.78, 5) is 14.1. The molecular weight excluding hydrogens is 304 g/mol. The number of furan rings is 1. The Labute approximate surface area is 139 Å². The molecule has 0 radical (unpaired) electrons.